The summed E-state index contributed by atoms with van der Waals surface area (Å²) in [4.78, 5) is 0. The summed E-state index contributed by atoms with van der Waals surface area (Å²) in [5.74, 6) is -0.279. The number of hydrogen-bond acceptors (Lipinski definition) is 1. The largest absolute Gasteiger partial charge is 0.384 e. The Labute approximate surface area is 88.6 Å². The summed E-state index contributed by atoms with van der Waals surface area (Å²) in [6.45, 7) is 5.54. The molecule has 1 aromatic rings. The van der Waals surface area contributed by atoms with E-state index in [-0.39, 0.29) is 11.9 Å². The Balaban J connectivity index is 2.97. The minimum absolute atomic E-state index is 0.0373. The molecule has 1 aromatic carbocycles. The van der Waals surface area contributed by atoms with Crippen LogP contribution in [0.2, 0.25) is 5.02 Å². The Kier molecular flexibility index (Phi) is 3.96. The summed E-state index contributed by atoms with van der Waals surface area (Å²) in [7, 11) is 0. The molecule has 0 bridgehead atoms. The Morgan fingerprint density at radius 1 is 1.64 bits per heavy atom. The molecule has 0 spiro atoms. The quantitative estimate of drug-likeness (QED) is 0.805. The molecule has 1 N–H and O–H groups in total. The molecule has 14 heavy (non-hydrogen) atoms. The first-order chi connectivity index (χ1) is 6.69. The van der Waals surface area contributed by atoms with Crippen LogP contribution in [0.15, 0.2) is 31.0 Å². The molecule has 0 heterocycles. The minimum atomic E-state index is -0.279. The van der Waals surface area contributed by atoms with Crippen molar-refractivity contribution in [2.45, 2.75) is 19.4 Å². The molecule has 0 aliphatic rings. The number of nitrogens with one attached hydrogen (secondary N) is 1. The van der Waals surface area contributed by atoms with Gasteiger partial charge >= 0.3 is 0 Å². The standard InChI is InChI=1S/C11H13ClFN/c1-3-11(14-4-2)9-6-5-8(12)7-10(9)13/h4-7,11,14H,2-3H2,1H3. The average molecular weight is 214 g/mol. The van der Waals surface area contributed by atoms with Crippen LogP contribution in [-0.2, 0) is 0 Å². The molecule has 1 atom stereocenters. The van der Waals surface area contributed by atoms with Gasteiger partial charge in [0.1, 0.15) is 5.82 Å². The Bertz CT molecular complexity index is 325. The zero-order chi connectivity index (χ0) is 10.6. The van der Waals surface area contributed by atoms with Crippen LogP contribution in [0.1, 0.15) is 24.9 Å². The summed E-state index contributed by atoms with van der Waals surface area (Å²) < 4.78 is 13.5. The summed E-state index contributed by atoms with van der Waals surface area (Å²) in [6.07, 6.45) is 2.37. The van der Waals surface area contributed by atoms with Crippen molar-refractivity contribution in [1.82, 2.24) is 5.32 Å². The van der Waals surface area contributed by atoms with Gasteiger partial charge in [-0.25, -0.2) is 4.39 Å². The molecule has 0 aliphatic heterocycles. The first-order valence-corrected chi connectivity index (χ1v) is 4.88. The Morgan fingerprint density at radius 2 is 2.36 bits per heavy atom. The van der Waals surface area contributed by atoms with E-state index in [1.807, 2.05) is 6.92 Å². The van der Waals surface area contributed by atoms with Gasteiger partial charge in [-0.3, -0.25) is 0 Å². The third-order valence-corrected chi connectivity index (χ3v) is 2.30. The molecule has 3 heteroatoms. The lowest BCUT2D eigenvalue weighted by Crippen LogP contribution is -2.15. The van der Waals surface area contributed by atoms with E-state index in [4.69, 9.17) is 11.6 Å². The maximum absolute atomic E-state index is 13.5. The minimum Gasteiger partial charge on any atom is -0.384 e. The van der Waals surface area contributed by atoms with Crippen molar-refractivity contribution in [2.24, 2.45) is 0 Å². The molecule has 0 aliphatic carbocycles. The molecule has 1 unspecified atom stereocenters. The van der Waals surface area contributed by atoms with Gasteiger partial charge in [-0.05, 0) is 24.8 Å². The SMILES string of the molecule is C=CNC(CC)c1ccc(Cl)cc1F. The van der Waals surface area contributed by atoms with E-state index >= 15 is 0 Å². The second-order valence-corrected chi connectivity index (χ2v) is 3.43. The van der Waals surface area contributed by atoms with E-state index < -0.39 is 0 Å². The zero-order valence-corrected chi connectivity index (χ0v) is 8.81. The third-order valence-electron chi connectivity index (χ3n) is 2.07. The lowest BCUT2D eigenvalue weighted by atomic mass is 10.0. The molecule has 1 nitrogen and oxygen atoms in total. The smallest absolute Gasteiger partial charge is 0.129 e. The lowest BCUT2D eigenvalue weighted by molar-refractivity contribution is 0.539. The molecule has 0 aromatic heterocycles. The van der Waals surface area contributed by atoms with Crippen LogP contribution in [0.4, 0.5) is 4.39 Å². The van der Waals surface area contributed by atoms with Gasteiger partial charge < -0.3 is 5.32 Å². The predicted octanol–water partition coefficient (Wildman–Crippen LogP) is 3.66. The highest BCUT2D eigenvalue weighted by Gasteiger charge is 2.11. The van der Waals surface area contributed by atoms with Crippen molar-refractivity contribution in [3.63, 3.8) is 0 Å². The van der Waals surface area contributed by atoms with E-state index in [1.165, 1.54) is 6.07 Å². The molecule has 0 amide bonds. The molecule has 0 radical (unpaired) electrons. The van der Waals surface area contributed by atoms with Gasteiger partial charge in [0.25, 0.3) is 0 Å². The second-order valence-electron chi connectivity index (χ2n) is 3.00. The fourth-order valence-electron chi connectivity index (χ4n) is 1.35. The topological polar surface area (TPSA) is 12.0 Å². The highest BCUT2D eigenvalue weighted by atomic mass is 35.5. The first kappa shape index (κ1) is 11.1. The normalized spacial score (nSPS) is 12.2. The van der Waals surface area contributed by atoms with Crippen molar-refractivity contribution in [2.75, 3.05) is 0 Å². The van der Waals surface area contributed by atoms with Gasteiger partial charge in [-0.1, -0.05) is 31.2 Å². The van der Waals surface area contributed by atoms with Gasteiger partial charge in [0.05, 0.1) is 6.04 Å². The maximum atomic E-state index is 13.5. The van der Waals surface area contributed by atoms with E-state index in [1.54, 1.807) is 18.3 Å². The molecular formula is C11H13ClFN. The van der Waals surface area contributed by atoms with Crippen LogP contribution in [0.3, 0.4) is 0 Å². The zero-order valence-electron chi connectivity index (χ0n) is 8.06. The van der Waals surface area contributed by atoms with Crippen LogP contribution in [0, 0.1) is 5.82 Å². The number of benzene rings is 1. The van der Waals surface area contributed by atoms with Gasteiger partial charge in [0.2, 0.25) is 0 Å². The fraction of sp³-hybridized carbons (Fsp3) is 0.273. The summed E-state index contributed by atoms with van der Waals surface area (Å²) in [6, 6.07) is 4.67. The average Bonchev–Trinajstić information content (AvgIpc) is 2.15. The van der Waals surface area contributed by atoms with Crippen LogP contribution in [-0.4, -0.2) is 0 Å². The summed E-state index contributed by atoms with van der Waals surface area (Å²) in [5, 5.41) is 3.41. The maximum Gasteiger partial charge on any atom is 0.129 e. The van der Waals surface area contributed by atoms with E-state index in [2.05, 4.69) is 11.9 Å². The molecule has 0 fully saturated rings. The van der Waals surface area contributed by atoms with Gasteiger partial charge in [-0.15, -0.1) is 0 Å². The second kappa shape index (κ2) is 5.01. The highest BCUT2D eigenvalue weighted by Crippen LogP contribution is 2.22. The van der Waals surface area contributed by atoms with Crippen LogP contribution in [0.5, 0.6) is 0 Å². The first-order valence-electron chi connectivity index (χ1n) is 4.51. The van der Waals surface area contributed by atoms with Crippen molar-refractivity contribution >= 4 is 11.6 Å². The number of halogens is 2. The predicted molar refractivity (Wildman–Crippen MR) is 57.8 cm³/mol. The molecule has 0 saturated heterocycles. The lowest BCUT2D eigenvalue weighted by Gasteiger charge is -2.16. The number of hydrogen-bond donors (Lipinski definition) is 1. The van der Waals surface area contributed by atoms with Crippen molar-refractivity contribution in [1.29, 1.82) is 0 Å². The van der Waals surface area contributed by atoms with Crippen molar-refractivity contribution in [3.8, 4) is 0 Å². The van der Waals surface area contributed by atoms with Crippen molar-refractivity contribution in [3.05, 3.63) is 47.4 Å². The van der Waals surface area contributed by atoms with Gasteiger partial charge in [-0.2, -0.15) is 0 Å². The Hall–Kier alpha value is -1.02. The van der Waals surface area contributed by atoms with Crippen LogP contribution < -0.4 is 5.32 Å². The Morgan fingerprint density at radius 3 is 2.86 bits per heavy atom. The summed E-state index contributed by atoms with van der Waals surface area (Å²) >= 11 is 5.66. The van der Waals surface area contributed by atoms with Gasteiger partial charge in [0, 0.05) is 10.6 Å². The molecule has 1 rings (SSSR count). The number of rotatable bonds is 4. The highest BCUT2D eigenvalue weighted by molar-refractivity contribution is 6.30. The summed E-state index contributed by atoms with van der Waals surface area (Å²) in [5.41, 5.74) is 0.622. The van der Waals surface area contributed by atoms with Crippen molar-refractivity contribution < 1.29 is 4.39 Å². The van der Waals surface area contributed by atoms with E-state index in [0.29, 0.717) is 10.6 Å². The monoisotopic (exact) mass is 213 g/mol. The third kappa shape index (κ3) is 2.48. The van der Waals surface area contributed by atoms with E-state index in [9.17, 15) is 4.39 Å². The van der Waals surface area contributed by atoms with E-state index in [0.717, 1.165) is 6.42 Å². The van der Waals surface area contributed by atoms with Crippen LogP contribution >= 0.6 is 11.6 Å². The molecule has 0 saturated carbocycles. The molecular weight excluding hydrogens is 201 g/mol. The molecule has 76 valence electrons. The fourth-order valence-corrected chi connectivity index (χ4v) is 1.51. The van der Waals surface area contributed by atoms with Gasteiger partial charge in [0.15, 0.2) is 0 Å². The van der Waals surface area contributed by atoms with Crippen LogP contribution in [0.25, 0.3) is 0 Å².